The standard InChI is InChI=1S/Cu.3H2O4S.Zn/c;3*1-5(2,3)4;/h;3*(H2,1,2,3,4);/q+2;;;;+2/p-4. The Bertz CT molecular complexity index is 343. The summed E-state index contributed by atoms with van der Waals surface area (Å²) in [6.07, 6.45) is 0. The van der Waals surface area contributed by atoms with Crippen molar-refractivity contribution in [3.05, 3.63) is 0 Å². The summed E-state index contributed by atoms with van der Waals surface area (Å²) in [5, 5.41) is 0. The van der Waals surface area contributed by atoms with Gasteiger partial charge in [0.25, 0.3) is 0 Å². The molecule has 0 aliphatic carbocycles. The van der Waals surface area contributed by atoms with E-state index in [-0.39, 0.29) is 36.5 Å². The van der Waals surface area contributed by atoms with Crippen LogP contribution in [0, 0.1) is 0 Å². The topological polar surface area (TPSA) is 235 Å². The SMILES string of the molecule is O=S(=O)(O)O.O=S(=O)([O-])[O-].O=S(=O)([O-])[O-].[Cu+2].[Zn+2]. The third-order valence-corrected chi connectivity index (χ3v) is 0. The Morgan fingerprint density at radius 2 is 0.647 bits per heavy atom. The first kappa shape index (κ1) is 30.6. The van der Waals surface area contributed by atoms with Gasteiger partial charge < -0.3 is 18.2 Å². The molecule has 17 heteroatoms. The molecule has 0 spiro atoms. The first-order chi connectivity index (χ1) is 6.00. The van der Waals surface area contributed by atoms with Crippen LogP contribution in [0.5, 0.6) is 0 Å². The van der Waals surface area contributed by atoms with Crippen LogP contribution in [0.2, 0.25) is 0 Å². The first-order valence-electron chi connectivity index (χ1n) is 2.03. The molecule has 0 aliphatic rings. The number of rotatable bonds is 0. The van der Waals surface area contributed by atoms with Crippen LogP contribution in [-0.2, 0) is 67.7 Å². The maximum absolute atomic E-state index is 8.74. The Labute approximate surface area is 120 Å². The van der Waals surface area contributed by atoms with Crippen LogP contribution in [0.15, 0.2) is 0 Å². The van der Waals surface area contributed by atoms with Crippen molar-refractivity contribution >= 4 is 31.2 Å². The molecule has 0 bridgehead atoms. The third kappa shape index (κ3) is 6430. The van der Waals surface area contributed by atoms with Crippen LogP contribution in [0.4, 0.5) is 0 Å². The molecule has 0 aromatic heterocycles. The molecule has 0 heterocycles. The Balaban J connectivity index is -0.0000000400. The van der Waals surface area contributed by atoms with Gasteiger partial charge in [-0.1, -0.05) is 0 Å². The van der Waals surface area contributed by atoms with Crippen molar-refractivity contribution < 1.29 is 89.1 Å². The van der Waals surface area contributed by atoms with Gasteiger partial charge in [-0.2, -0.15) is 8.42 Å². The largest absolute Gasteiger partial charge is 2.00 e. The molecular formula is H2CuO12S3Zn. The summed E-state index contributed by atoms with van der Waals surface area (Å²) in [6, 6.07) is 0. The van der Waals surface area contributed by atoms with Gasteiger partial charge in [0.1, 0.15) is 0 Å². The van der Waals surface area contributed by atoms with E-state index in [2.05, 4.69) is 0 Å². The Hall–Kier alpha value is 0.753. The maximum atomic E-state index is 8.74. The Kier molecular flexibility index (Phi) is 21.3. The summed E-state index contributed by atoms with van der Waals surface area (Å²) in [4.78, 5) is 0. The van der Waals surface area contributed by atoms with Gasteiger partial charge in [-0.3, -0.25) is 25.9 Å². The minimum atomic E-state index is -5.17. The van der Waals surface area contributed by atoms with Gasteiger partial charge in [-0.05, 0) is 0 Å². The van der Waals surface area contributed by atoms with Crippen molar-refractivity contribution in [3.8, 4) is 0 Å². The first-order valence-corrected chi connectivity index (χ1v) is 6.10. The van der Waals surface area contributed by atoms with E-state index >= 15 is 0 Å². The van der Waals surface area contributed by atoms with E-state index in [0.717, 1.165) is 0 Å². The van der Waals surface area contributed by atoms with Crippen molar-refractivity contribution in [1.82, 2.24) is 0 Å². The molecule has 0 atom stereocenters. The molecule has 2 N–H and O–H groups in total. The summed E-state index contributed by atoms with van der Waals surface area (Å²) >= 11 is 0. The zero-order chi connectivity index (χ0) is 13.5. The predicted octanol–water partition coefficient (Wildman–Crippen LogP) is -3.33. The van der Waals surface area contributed by atoms with Crippen LogP contribution < -0.4 is 0 Å². The molecule has 0 rings (SSSR count). The molecular weight excluding hydrogens is 417 g/mol. The smallest absolute Gasteiger partial charge is 0.759 e. The minimum absolute atomic E-state index is 0. The molecule has 17 heavy (non-hydrogen) atoms. The van der Waals surface area contributed by atoms with E-state index in [0.29, 0.717) is 0 Å². The Morgan fingerprint density at radius 1 is 0.647 bits per heavy atom. The Morgan fingerprint density at radius 3 is 0.647 bits per heavy atom. The molecule has 0 saturated heterocycles. The fourth-order valence-corrected chi connectivity index (χ4v) is 0. The van der Waals surface area contributed by atoms with Gasteiger partial charge in [0.2, 0.25) is 0 Å². The van der Waals surface area contributed by atoms with Crippen LogP contribution in [0.3, 0.4) is 0 Å². The van der Waals surface area contributed by atoms with E-state index in [1.165, 1.54) is 0 Å². The fourth-order valence-electron chi connectivity index (χ4n) is 0. The zero-order valence-electron chi connectivity index (χ0n) is 7.21. The van der Waals surface area contributed by atoms with Gasteiger partial charge in [-0.25, -0.2) is 0 Å². The van der Waals surface area contributed by atoms with E-state index in [4.69, 9.17) is 52.6 Å². The van der Waals surface area contributed by atoms with E-state index in [9.17, 15) is 0 Å². The molecule has 0 aliphatic heterocycles. The molecule has 0 saturated carbocycles. The molecule has 1 radical (unpaired) electrons. The molecule has 0 amide bonds. The van der Waals surface area contributed by atoms with Gasteiger partial charge >= 0.3 is 46.9 Å². The van der Waals surface area contributed by atoms with Crippen molar-refractivity contribution in [2.75, 3.05) is 0 Å². The van der Waals surface area contributed by atoms with Crippen LogP contribution in [0.1, 0.15) is 0 Å². The molecule has 0 fully saturated rings. The van der Waals surface area contributed by atoms with Crippen LogP contribution >= 0.6 is 0 Å². The van der Waals surface area contributed by atoms with E-state index < -0.39 is 31.2 Å². The third-order valence-electron chi connectivity index (χ3n) is 0. The predicted molar refractivity (Wildman–Crippen MR) is 35.1 cm³/mol. The van der Waals surface area contributed by atoms with Crippen molar-refractivity contribution in [3.63, 3.8) is 0 Å². The summed E-state index contributed by atoms with van der Waals surface area (Å²) in [7, 11) is -15.0. The summed E-state index contributed by atoms with van der Waals surface area (Å²) < 4.78 is 99.7. The molecule has 0 aromatic rings. The monoisotopic (exact) mass is 417 g/mol. The van der Waals surface area contributed by atoms with E-state index in [1.54, 1.807) is 0 Å². The average Bonchev–Trinajstić information content (AvgIpc) is 1.41. The fraction of sp³-hybridized carbons (Fsp3) is 0. The summed E-state index contributed by atoms with van der Waals surface area (Å²) in [5.41, 5.74) is 0. The van der Waals surface area contributed by atoms with Crippen molar-refractivity contribution in [1.29, 1.82) is 0 Å². The second-order valence-corrected chi connectivity index (χ2v) is 3.79. The molecule has 0 aromatic carbocycles. The van der Waals surface area contributed by atoms with E-state index in [1.807, 2.05) is 0 Å². The van der Waals surface area contributed by atoms with Gasteiger partial charge in [-0.15, -0.1) is 0 Å². The normalized spacial score (nSPS) is 10.2. The molecule has 12 nitrogen and oxygen atoms in total. The van der Waals surface area contributed by atoms with Crippen molar-refractivity contribution in [2.24, 2.45) is 0 Å². The molecule has 105 valence electrons. The van der Waals surface area contributed by atoms with Crippen LogP contribution in [0.25, 0.3) is 0 Å². The van der Waals surface area contributed by atoms with Crippen molar-refractivity contribution in [2.45, 2.75) is 0 Å². The van der Waals surface area contributed by atoms with Gasteiger partial charge in [0.15, 0.2) is 0 Å². The number of hydrogen-bond donors (Lipinski definition) is 2. The van der Waals surface area contributed by atoms with Crippen LogP contribution in [-0.4, -0.2) is 52.6 Å². The number of hydrogen-bond acceptors (Lipinski definition) is 10. The van der Waals surface area contributed by atoms with Gasteiger partial charge in [0.05, 0.1) is 0 Å². The van der Waals surface area contributed by atoms with Gasteiger partial charge in [0, 0.05) is 20.8 Å². The maximum Gasteiger partial charge on any atom is 2.00 e. The second kappa shape index (κ2) is 11.8. The molecule has 0 unspecified atom stereocenters. The average molecular weight is 419 g/mol. The summed E-state index contributed by atoms with van der Waals surface area (Å²) in [6.45, 7) is 0. The zero-order valence-corrected chi connectivity index (χ0v) is 13.6. The summed E-state index contributed by atoms with van der Waals surface area (Å²) in [5.74, 6) is 0. The second-order valence-electron chi connectivity index (χ2n) is 1.26. The minimum Gasteiger partial charge on any atom is -0.759 e. The quantitative estimate of drug-likeness (QED) is 0.223.